The monoisotopic (exact) mass is 216 g/mol. The molecular weight excluding hydrogens is 196 g/mol. The van der Waals surface area contributed by atoms with E-state index < -0.39 is 0 Å². The topological polar surface area (TPSA) is 61.8 Å². The van der Waals surface area contributed by atoms with E-state index in [9.17, 15) is 4.79 Å². The summed E-state index contributed by atoms with van der Waals surface area (Å²) in [5, 5.41) is 12.1. The molecule has 0 aromatic heterocycles. The maximum atomic E-state index is 11.4. The third-order valence-corrected chi connectivity index (χ3v) is 2.70. The summed E-state index contributed by atoms with van der Waals surface area (Å²) in [6.45, 7) is 4.57. The predicted molar refractivity (Wildman–Crippen MR) is 56.5 cm³/mol. The summed E-state index contributed by atoms with van der Waals surface area (Å²) in [5.41, 5.74) is 0. The van der Waals surface area contributed by atoms with Gasteiger partial charge in [-0.1, -0.05) is 0 Å². The third-order valence-electron chi connectivity index (χ3n) is 2.70. The molecule has 1 atom stereocenters. The summed E-state index contributed by atoms with van der Waals surface area (Å²) in [5.74, 6) is -0.416. The van der Waals surface area contributed by atoms with Crippen molar-refractivity contribution in [3.05, 3.63) is 0 Å². The van der Waals surface area contributed by atoms with Crippen LogP contribution in [0.15, 0.2) is 0 Å². The SMILES string of the molecule is COC(=O)C(CCO)CN1CCNCC1. The molecule has 0 radical (unpaired) electrons. The third kappa shape index (κ3) is 4.15. The van der Waals surface area contributed by atoms with Crippen LogP contribution >= 0.6 is 0 Å². The van der Waals surface area contributed by atoms with Gasteiger partial charge in [0, 0.05) is 39.3 Å². The van der Waals surface area contributed by atoms with Crippen molar-refractivity contribution >= 4 is 5.97 Å². The Bertz CT molecular complexity index is 193. The van der Waals surface area contributed by atoms with E-state index in [4.69, 9.17) is 9.84 Å². The maximum absolute atomic E-state index is 11.4. The highest BCUT2D eigenvalue weighted by Crippen LogP contribution is 2.08. The van der Waals surface area contributed by atoms with Crippen LogP contribution in [0.4, 0.5) is 0 Å². The van der Waals surface area contributed by atoms with Crippen molar-refractivity contribution < 1.29 is 14.6 Å². The molecule has 0 spiro atoms. The summed E-state index contributed by atoms with van der Waals surface area (Å²) >= 11 is 0. The molecule has 0 bridgehead atoms. The zero-order chi connectivity index (χ0) is 11.1. The molecule has 0 aromatic rings. The second kappa shape index (κ2) is 6.76. The van der Waals surface area contributed by atoms with E-state index in [1.165, 1.54) is 7.11 Å². The number of rotatable bonds is 5. The second-order valence-electron chi connectivity index (χ2n) is 3.78. The van der Waals surface area contributed by atoms with Crippen LogP contribution in [0, 0.1) is 5.92 Å². The lowest BCUT2D eigenvalue weighted by Crippen LogP contribution is -2.46. The highest BCUT2D eigenvalue weighted by Gasteiger charge is 2.22. The fraction of sp³-hybridized carbons (Fsp3) is 0.900. The molecule has 1 saturated heterocycles. The summed E-state index contributed by atoms with van der Waals surface area (Å²) in [6, 6.07) is 0. The quantitative estimate of drug-likeness (QED) is 0.581. The lowest BCUT2D eigenvalue weighted by atomic mass is 10.1. The van der Waals surface area contributed by atoms with E-state index in [1.807, 2.05) is 0 Å². The normalized spacial score (nSPS) is 19.9. The number of esters is 1. The van der Waals surface area contributed by atoms with Gasteiger partial charge in [-0.3, -0.25) is 9.69 Å². The number of carbonyl (C=O) groups is 1. The van der Waals surface area contributed by atoms with Crippen LogP contribution in [-0.2, 0) is 9.53 Å². The largest absolute Gasteiger partial charge is 0.469 e. The highest BCUT2D eigenvalue weighted by molar-refractivity contribution is 5.72. The number of carbonyl (C=O) groups excluding carboxylic acids is 1. The molecule has 1 aliphatic heterocycles. The Morgan fingerprint density at radius 2 is 2.20 bits per heavy atom. The van der Waals surface area contributed by atoms with Crippen LogP contribution in [0.25, 0.3) is 0 Å². The molecule has 5 nitrogen and oxygen atoms in total. The fourth-order valence-corrected chi connectivity index (χ4v) is 1.81. The molecule has 1 unspecified atom stereocenters. The fourth-order valence-electron chi connectivity index (χ4n) is 1.81. The van der Waals surface area contributed by atoms with Gasteiger partial charge in [0.1, 0.15) is 0 Å². The Kier molecular flexibility index (Phi) is 5.60. The first-order chi connectivity index (χ1) is 7.27. The van der Waals surface area contributed by atoms with Gasteiger partial charge in [0.2, 0.25) is 0 Å². The molecule has 0 aliphatic carbocycles. The summed E-state index contributed by atoms with van der Waals surface area (Å²) in [7, 11) is 1.39. The van der Waals surface area contributed by atoms with Crippen molar-refractivity contribution in [2.75, 3.05) is 46.4 Å². The Hall–Kier alpha value is -0.650. The maximum Gasteiger partial charge on any atom is 0.310 e. The minimum atomic E-state index is -0.220. The van der Waals surface area contributed by atoms with Crippen LogP contribution in [0.3, 0.4) is 0 Å². The van der Waals surface area contributed by atoms with Gasteiger partial charge in [-0.05, 0) is 6.42 Å². The molecule has 5 heteroatoms. The van der Waals surface area contributed by atoms with Crippen LogP contribution in [0.1, 0.15) is 6.42 Å². The van der Waals surface area contributed by atoms with Crippen molar-refractivity contribution in [3.8, 4) is 0 Å². The lowest BCUT2D eigenvalue weighted by Gasteiger charge is -2.29. The molecule has 1 rings (SSSR count). The number of hydrogen-bond donors (Lipinski definition) is 2. The zero-order valence-electron chi connectivity index (χ0n) is 9.24. The number of nitrogens with zero attached hydrogens (tertiary/aromatic N) is 1. The van der Waals surface area contributed by atoms with E-state index in [2.05, 4.69) is 10.2 Å². The van der Waals surface area contributed by atoms with Gasteiger partial charge < -0.3 is 15.2 Å². The molecular formula is C10H20N2O3. The van der Waals surface area contributed by atoms with Crippen molar-refractivity contribution in [2.24, 2.45) is 5.92 Å². The summed E-state index contributed by atoms with van der Waals surface area (Å²) in [6.07, 6.45) is 0.483. The molecule has 88 valence electrons. The van der Waals surface area contributed by atoms with Gasteiger partial charge in [-0.15, -0.1) is 0 Å². The zero-order valence-corrected chi connectivity index (χ0v) is 9.24. The molecule has 0 amide bonds. The molecule has 2 N–H and O–H groups in total. The van der Waals surface area contributed by atoms with Crippen molar-refractivity contribution in [2.45, 2.75) is 6.42 Å². The van der Waals surface area contributed by atoms with Gasteiger partial charge in [-0.25, -0.2) is 0 Å². The standard InChI is InChI=1S/C10H20N2O3/c1-15-10(14)9(2-7-13)8-12-5-3-11-4-6-12/h9,11,13H,2-8H2,1H3. The van der Waals surface area contributed by atoms with E-state index >= 15 is 0 Å². The average Bonchev–Trinajstić information content (AvgIpc) is 2.29. The first-order valence-electron chi connectivity index (χ1n) is 5.39. The van der Waals surface area contributed by atoms with Gasteiger partial charge in [0.05, 0.1) is 13.0 Å². The second-order valence-corrected chi connectivity index (χ2v) is 3.78. The van der Waals surface area contributed by atoms with E-state index in [-0.39, 0.29) is 18.5 Å². The Labute approximate surface area is 90.4 Å². The molecule has 0 aromatic carbocycles. The first-order valence-corrected chi connectivity index (χ1v) is 5.39. The van der Waals surface area contributed by atoms with Gasteiger partial charge >= 0.3 is 5.97 Å². The minimum Gasteiger partial charge on any atom is -0.469 e. The van der Waals surface area contributed by atoms with Gasteiger partial charge in [0.15, 0.2) is 0 Å². The van der Waals surface area contributed by atoms with Crippen molar-refractivity contribution in [1.82, 2.24) is 10.2 Å². The molecule has 1 fully saturated rings. The number of piperazine rings is 1. The van der Waals surface area contributed by atoms with E-state index in [0.717, 1.165) is 26.2 Å². The summed E-state index contributed by atoms with van der Waals surface area (Å²) in [4.78, 5) is 13.6. The minimum absolute atomic E-state index is 0.0336. The average molecular weight is 216 g/mol. The number of nitrogens with one attached hydrogen (secondary N) is 1. The van der Waals surface area contributed by atoms with E-state index in [1.54, 1.807) is 0 Å². The highest BCUT2D eigenvalue weighted by atomic mass is 16.5. The van der Waals surface area contributed by atoms with Crippen LogP contribution in [0.2, 0.25) is 0 Å². The van der Waals surface area contributed by atoms with Crippen LogP contribution in [0.5, 0.6) is 0 Å². The molecule has 1 aliphatic rings. The molecule has 0 saturated carbocycles. The Morgan fingerprint density at radius 1 is 1.53 bits per heavy atom. The predicted octanol–water partition coefficient (Wildman–Crippen LogP) is -0.937. The van der Waals surface area contributed by atoms with Gasteiger partial charge in [-0.2, -0.15) is 0 Å². The summed E-state index contributed by atoms with van der Waals surface area (Å²) < 4.78 is 4.71. The van der Waals surface area contributed by atoms with Crippen molar-refractivity contribution in [3.63, 3.8) is 0 Å². The number of aliphatic hydroxyl groups excluding tert-OH is 1. The first kappa shape index (κ1) is 12.4. The van der Waals surface area contributed by atoms with Gasteiger partial charge in [0.25, 0.3) is 0 Å². The van der Waals surface area contributed by atoms with Crippen molar-refractivity contribution in [1.29, 1.82) is 0 Å². The Balaban J connectivity index is 2.38. The smallest absolute Gasteiger partial charge is 0.310 e. The van der Waals surface area contributed by atoms with E-state index in [0.29, 0.717) is 13.0 Å². The number of hydrogen-bond acceptors (Lipinski definition) is 5. The molecule has 15 heavy (non-hydrogen) atoms. The number of aliphatic hydroxyl groups is 1. The number of methoxy groups -OCH3 is 1. The Morgan fingerprint density at radius 3 is 2.73 bits per heavy atom. The van der Waals surface area contributed by atoms with Crippen LogP contribution in [-0.4, -0.2) is 62.4 Å². The lowest BCUT2D eigenvalue weighted by molar-refractivity contribution is -0.146. The van der Waals surface area contributed by atoms with Crippen LogP contribution < -0.4 is 5.32 Å². The molecule has 1 heterocycles. The number of ether oxygens (including phenoxy) is 1.